The van der Waals surface area contributed by atoms with Gasteiger partial charge >= 0.3 is 10.2 Å². The van der Waals surface area contributed by atoms with Crippen LogP contribution in [-0.4, -0.2) is 36.9 Å². The standard InChI is InChI=1S/C13H20N4O3S/c14-13(15-18)11-6-5-7-12(10-11)16-21(19,20)17-8-3-1-2-4-9-17/h5-7,10,16,18H,1-4,8-9H2,(H2,14,15). The molecule has 1 heterocycles. The molecule has 0 aliphatic carbocycles. The number of nitrogens with one attached hydrogen (secondary N) is 1. The minimum atomic E-state index is -3.57. The third-order valence-corrected chi connectivity index (χ3v) is 4.96. The highest BCUT2D eigenvalue weighted by Crippen LogP contribution is 2.17. The molecule has 1 aromatic rings. The van der Waals surface area contributed by atoms with Gasteiger partial charge in [-0.05, 0) is 25.0 Å². The van der Waals surface area contributed by atoms with Crippen molar-refractivity contribution in [2.24, 2.45) is 10.9 Å². The van der Waals surface area contributed by atoms with Crippen molar-refractivity contribution in [1.82, 2.24) is 4.31 Å². The van der Waals surface area contributed by atoms with Crippen LogP contribution in [0.3, 0.4) is 0 Å². The Hall–Kier alpha value is -1.80. The highest BCUT2D eigenvalue weighted by atomic mass is 32.2. The second-order valence-electron chi connectivity index (χ2n) is 4.99. The first-order valence-corrected chi connectivity index (χ1v) is 8.33. The molecule has 7 nitrogen and oxygen atoms in total. The van der Waals surface area contributed by atoms with Crippen molar-refractivity contribution in [2.45, 2.75) is 25.7 Å². The molecule has 0 aromatic heterocycles. The van der Waals surface area contributed by atoms with Gasteiger partial charge in [0.1, 0.15) is 0 Å². The molecule has 4 N–H and O–H groups in total. The van der Waals surface area contributed by atoms with E-state index in [4.69, 9.17) is 10.9 Å². The van der Waals surface area contributed by atoms with Gasteiger partial charge in [-0.1, -0.05) is 30.1 Å². The van der Waals surface area contributed by atoms with Crippen LogP contribution in [0.15, 0.2) is 29.4 Å². The smallest absolute Gasteiger partial charge is 0.301 e. The number of anilines is 1. The van der Waals surface area contributed by atoms with Gasteiger partial charge in [0.2, 0.25) is 0 Å². The molecule has 0 amide bonds. The van der Waals surface area contributed by atoms with Crippen molar-refractivity contribution in [3.05, 3.63) is 29.8 Å². The van der Waals surface area contributed by atoms with Gasteiger partial charge in [-0.15, -0.1) is 0 Å². The summed E-state index contributed by atoms with van der Waals surface area (Å²) in [4.78, 5) is 0. The van der Waals surface area contributed by atoms with E-state index < -0.39 is 10.2 Å². The van der Waals surface area contributed by atoms with Crippen molar-refractivity contribution < 1.29 is 13.6 Å². The van der Waals surface area contributed by atoms with Crippen LogP contribution >= 0.6 is 0 Å². The van der Waals surface area contributed by atoms with E-state index in [9.17, 15) is 8.42 Å². The van der Waals surface area contributed by atoms with E-state index in [1.807, 2.05) is 0 Å². The predicted octanol–water partition coefficient (Wildman–Crippen LogP) is 1.31. The van der Waals surface area contributed by atoms with Crippen molar-refractivity contribution in [3.63, 3.8) is 0 Å². The molecule has 0 spiro atoms. The Morgan fingerprint density at radius 3 is 2.52 bits per heavy atom. The number of rotatable bonds is 4. The van der Waals surface area contributed by atoms with Gasteiger partial charge in [0, 0.05) is 18.7 Å². The maximum Gasteiger partial charge on any atom is 0.301 e. The van der Waals surface area contributed by atoms with Gasteiger partial charge in [0.15, 0.2) is 5.84 Å². The molecule has 1 aromatic carbocycles. The Balaban J connectivity index is 2.16. The van der Waals surface area contributed by atoms with Crippen LogP contribution in [0.1, 0.15) is 31.2 Å². The molecule has 0 unspecified atom stereocenters. The molecule has 1 aliphatic rings. The molecule has 1 saturated heterocycles. The number of nitrogens with zero attached hydrogens (tertiary/aromatic N) is 2. The molecule has 0 saturated carbocycles. The number of benzene rings is 1. The second-order valence-corrected chi connectivity index (χ2v) is 6.66. The van der Waals surface area contributed by atoms with Crippen LogP contribution in [0.5, 0.6) is 0 Å². The Morgan fingerprint density at radius 1 is 1.24 bits per heavy atom. The quantitative estimate of drug-likeness (QED) is 0.337. The first kappa shape index (κ1) is 15.6. The number of oxime groups is 1. The molecule has 1 aliphatic heterocycles. The molecule has 21 heavy (non-hydrogen) atoms. The molecular weight excluding hydrogens is 292 g/mol. The number of amidine groups is 1. The van der Waals surface area contributed by atoms with Gasteiger partial charge < -0.3 is 10.9 Å². The minimum absolute atomic E-state index is 0.0641. The molecular formula is C13H20N4O3S. The molecule has 2 rings (SSSR count). The maximum atomic E-state index is 12.4. The molecule has 0 bridgehead atoms. The number of hydrogen-bond donors (Lipinski definition) is 3. The molecule has 0 radical (unpaired) electrons. The average Bonchev–Trinajstić information content (AvgIpc) is 2.76. The SMILES string of the molecule is N/C(=N/O)c1cccc(NS(=O)(=O)N2CCCCCC2)c1. The summed E-state index contributed by atoms with van der Waals surface area (Å²) in [5, 5.41) is 11.6. The third-order valence-electron chi connectivity index (χ3n) is 3.42. The summed E-state index contributed by atoms with van der Waals surface area (Å²) in [6, 6.07) is 6.44. The lowest BCUT2D eigenvalue weighted by Gasteiger charge is -2.20. The monoisotopic (exact) mass is 312 g/mol. The number of hydrogen-bond acceptors (Lipinski definition) is 4. The number of nitrogens with two attached hydrogens (primary N) is 1. The van der Waals surface area contributed by atoms with Gasteiger partial charge in [0.05, 0.1) is 5.69 Å². The topological polar surface area (TPSA) is 108 Å². The first-order chi connectivity index (χ1) is 10.0. The van der Waals surface area contributed by atoms with E-state index in [0.717, 1.165) is 25.7 Å². The lowest BCUT2D eigenvalue weighted by Crippen LogP contribution is -2.36. The molecule has 116 valence electrons. The summed E-state index contributed by atoms with van der Waals surface area (Å²) in [7, 11) is -3.57. The zero-order chi connectivity index (χ0) is 15.3. The van der Waals surface area contributed by atoms with Crippen molar-refractivity contribution in [2.75, 3.05) is 17.8 Å². The lowest BCUT2D eigenvalue weighted by molar-refractivity contribution is 0.318. The Kier molecular flexibility index (Phi) is 5.03. The van der Waals surface area contributed by atoms with Gasteiger partial charge in [0.25, 0.3) is 0 Å². The summed E-state index contributed by atoms with van der Waals surface area (Å²) in [5.41, 5.74) is 6.35. The summed E-state index contributed by atoms with van der Waals surface area (Å²) in [5.74, 6) is -0.0641. The van der Waals surface area contributed by atoms with Crippen LogP contribution in [0.2, 0.25) is 0 Å². The normalized spacial score (nSPS) is 18.2. The van der Waals surface area contributed by atoms with E-state index in [1.165, 1.54) is 10.4 Å². The highest BCUT2D eigenvalue weighted by Gasteiger charge is 2.22. The van der Waals surface area contributed by atoms with Crippen LogP contribution in [-0.2, 0) is 10.2 Å². The molecule has 0 atom stereocenters. The fraction of sp³-hybridized carbons (Fsp3) is 0.462. The third kappa shape index (κ3) is 4.08. The zero-order valence-corrected chi connectivity index (χ0v) is 12.5. The Labute approximate surface area is 124 Å². The van der Waals surface area contributed by atoms with Gasteiger partial charge in [-0.2, -0.15) is 12.7 Å². The van der Waals surface area contributed by atoms with Crippen molar-refractivity contribution in [3.8, 4) is 0 Å². The largest absolute Gasteiger partial charge is 0.409 e. The predicted molar refractivity (Wildman–Crippen MR) is 81.5 cm³/mol. The van der Waals surface area contributed by atoms with Crippen LogP contribution in [0.4, 0.5) is 5.69 Å². The Morgan fingerprint density at radius 2 is 1.90 bits per heavy atom. The maximum absolute atomic E-state index is 12.4. The van der Waals surface area contributed by atoms with Crippen LogP contribution < -0.4 is 10.5 Å². The highest BCUT2D eigenvalue weighted by molar-refractivity contribution is 7.90. The van der Waals surface area contributed by atoms with Crippen LogP contribution in [0.25, 0.3) is 0 Å². The van der Waals surface area contributed by atoms with E-state index in [2.05, 4.69) is 9.88 Å². The van der Waals surface area contributed by atoms with E-state index >= 15 is 0 Å². The fourth-order valence-electron chi connectivity index (χ4n) is 2.30. The van der Waals surface area contributed by atoms with E-state index in [-0.39, 0.29) is 5.84 Å². The van der Waals surface area contributed by atoms with Gasteiger partial charge in [-0.3, -0.25) is 4.72 Å². The first-order valence-electron chi connectivity index (χ1n) is 6.89. The summed E-state index contributed by atoms with van der Waals surface area (Å²) >= 11 is 0. The summed E-state index contributed by atoms with van der Waals surface area (Å²) in [6.45, 7) is 1.07. The van der Waals surface area contributed by atoms with Crippen molar-refractivity contribution >= 4 is 21.7 Å². The zero-order valence-electron chi connectivity index (χ0n) is 11.7. The molecule has 8 heteroatoms. The van der Waals surface area contributed by atoms with Gasteiger partial charge in [-0.25, -0.2) is 0 Å². The van der Waals surface area contributed by atoms with E-state index in [0.29, 0.717) is 24.3 Å². The minimum Gasteiger partial charge on any atom is -0.409 e. The fourth-order valence-corrected chi connectivity index (χ4v) is 3.59. The summed E-state index contributed by atoms with van der Waals surface area (Å²) in [6.07, 6.45) is 3.88. The molecule has 1 fully saturated rings. The van der Waals surface area contributed by atoms with E-state index in [1.54, 1.807) is 18.2 Å². The van der Waals surface area contributed by atoms with Crippen LogP contribution in [0, 0.1) is 0 Å². The average molecular weight is 312 g/mol. The Bertz CT molecular complexity index is 608. The summed E-state index contributed by atoms with van der Waals surface area (Å²) < 4.78 is 28.7. The second kappa shape index (κ2) is 6.77. The van der Waals surface area contributed by atoms with Crippen molar-refractivity contribution in [1.29, 1.82) is 0 Å². The lowest BCUT2D eigenvalue weighted by atomic mass is 10.2.